The molecule has 0 unspecified atom stereocenters. The molecule has 2 aromatic heterocycles. The molecule has 3 aliphatic heterocycles. The van der Waals surface area contributed by atoms with Crippen molar-refractivity contribution in [3.8, 4) is 33.8 Å². The zero-order valence-electron chi connectivity index (χ0n) is 40.2. The van der Waals surface area contributed by atoms with Gasteiger partial charge in [0, 0.05) is 72.8 Å². The molecule has 3 aliphatic rings. The van der Waals surface area contributed by atoms with Crippen LogP contribution in [0, 0.1) is 6.92 Å². The van der Waals surface area contributed by atoms with Crippen molar-refractivity contribution in [1.29, 1.82) is 0 Å². The van der Waals surface area contributed by atoms with E-state index in [2.05, 4.69) is 250 Å². The quantitative estimate of drug-likeness (QED) is 0.161. The van der Waals surface area contributed by atoms with E-state index in [1.165, 1.54) is 60.8 Å². The van der Waals surface area contributed by atoms with Crippen LogP contribution in [-0.4, -0.2) is 11.3 Å². The zero-order chi connectivity index (χ0) is 47.2. The van der Waals surface area contributed by atoms with Gasteiger partial charge in [-0.15, -0.1) is 0 Å². The van der Waals surface area contributed by atoms with Crippen molar-refractivity contribution in [3.63, 3.8) is 0 Å². The topological polar surface area (TPSA) is 33.8 Å². The van der Waals surface area contributed by atoms with Gasteiger partial charge in [0.25, 0.3) is 0 Å². The molecule has 14 rings (SSSR count). The first-order chi connectivity index (χ1) is 34.0. The summed E-state index contributed by atoms with van der Waals surface area (Å²) in [4.78, 5) is 4.96. The molecule has 0 fully saturated rings. The number of fused-ring (bicyclic) bond motifs is 11. The third kappa shape index (κ3) is 5.74. The average Bonchev–Trinajstić information content (AvgIpc) is 3.92. The molecule has 11 aromatic rings. The number of nitrogens with zero attached hydrogens (tertiary/aromatic N) is 3. The Morgan fingerprint density at radius 1 is 0.557 bits per heavy atom. The normalized spacial score (nSPS) is 14.0. The Morgan fingerprint density at radius 2 is 1.24 bits per heavy atom. The monoisotopic (exact) mass is 903 g/mol. The molecule has 336 valence electrons. The standard InChI is InChI=1S/C64H50BN3O2/c1-39-34-47-44-31-33-52(66(42-22-12-8-13-23-42)43-24-14-9-15-25-43)59-58-45-26-16-18-28-55(45)70-62(58)68(61(44)59)65-50-37-49-57(69-56-29-19-17-27-48(56)64(49,5)6)38-53(50)67(54(35-39)60(47)65)51-32-30-41(63(2,3)4)36-46(51)40-20-10-7-11-21-40/h7-38H,1-6H3. The molecule has 5 heterocycles. The number of furan rings is 1. The van der Waals surface area contributed by atoms with Crippen LogP contribution < -0.4 is 25.5 Å². The summed E-state index contributed by atoms with van der Waals surface area (Å²) in [6, 6.07) is 71.0. The fraction of sp³-hybridized carbons (Fsp3) is 0.125. The van der Waals surface area contributed by atoms with Crippen LogP contribution in [0.5, 0.6) is 11.5 Å². The predicted molar refractivity (Wildman–Crippen MR) is 292 cm³/mol. The van der Waals surface area contributed by atoms with Crippen LogP contribution in [0.1, 0.15) is 56.9 Å². The lowest BCUT2D eigenvalue weighted by Crippen LogP contribution is -2.57. The summed E-state index contributed by atoms with van der Waals surface area (Å²) in [5, 5.41) is 3.39. The molecule has 5 nitrogen and oxygen atoms in total. The highest BCUT2D eigenvalue weighted by Crippen LogP contribution is 2.55. The predicted octanol–water partition coefficient (Wildman–Crippen LogP) is 16.1. The molecule has 9 aromatic carbocycles. The minimum Gasteiger partial charge on any atom is -0.457 e. The van der Waals surface area contributed by atoms with E-state index in [4.69, 9.17) is 9.15 Å². The number of rotatable bonds is 5. The van der Waals surface area contributed by atoms with Crippen LogP contribution in [0.15, 0.2) is 199 Å². The average molecular weight is 904 g/mol. The Bertz CT molecular complexity index is 3920. The highest BCUT2D eigenvalue weighted by molar-refractivity contribution is 6.90. The van der Waals surface area contributed by atoms with E-state index in [9.17, 15) is 0 Å². The molecule has 0 spiro atoms. The number of para-hydroxylation sites is 4. The smallest absolute Gasteiger partial charge is 0.336 e. The lowest BCUT2D eigenvalue weighted by atomic mass is 9.44. The van der Waals surface area contributed by atoms with Gasteiger partial charge in [-0.3, -0.25) is 0 Å². The molecule has 0 bridgehead atoms. The summed E-state index contributed by atoms with van der Waals surface area (Å²) in [5.41, 5.74) is 21.2. The van der Waals surface area contributed by atoms with E-state index in [0.717, 1.165) is 73.3 Å². The van der Waals surface area contributed by atoms with Crippen molar-refractivity contribution in [3.05, 3.63) is 216 Å². The minimum atomic E-state index is -0.351. The van der Waals surface area contributed by atoms with Gasteiger partial charge in [-0.25, -0.2) is 0 Å². The van der Waals surface area contributed by atoms with Crippen molar-refractivity contribution in [1.82, 2.24) is 4.48 Å². The SMILES string of the molecule is Cc1cc2c3c(c1)N(c1ccc(C(C)(C)C)cc1-c1ccccc1)c1cc4c(cc1B3n1c3oc5ccccc5c3c3c(N(c5ccccc5)c5ccccc5)ccc-2c31)C(C)(C)c1ccccc1O4. The molecule has 0 radical (unpaired) electrons. The Morgan fingerprint density at radius 3 is 1.99 bits per heavy atom. The molecular formula is C64H50BN3O2. The maximum atomic E-state index is 7.28. The van der Waals surface area contributed by atoms with E-state index in [-0.39, 0.29) is 17.7 Å². The summed E-state index contributed by atoms with van der Waals surface area (Å²) in [6.07, 6.45) is 0. The van der Waals surface area contributed by atoms with E-state index in [1.54, 1.807) is 0 Å². The minimum absolute atomic E-state index is 0.0573. The fourth-order valence-corrected chi connectivity index (χ4v) is 12.1. The van der Waals surface area contributed by atoms with Crippen molar-refractivity contribution < 1.29 is 9.15 Å². The first-order valence-electron chi connectivity index (χ1n) is 24.5. The van der Waals surface area contributed by atoms with Gasteiger partial charge < -0.3 is 23.4 Å². The third-order valence-corrected chi connectivity index (χ3v) is 15.4. The van der Waals surface area contributed by atoms with Gasteiger partial charge in [0.2, 0.25) is 0 Å². The van der Waals surface area contributed by atoms with Gasteiger partial charge >= 0.3 is 6.85 Å². The number of benzene rings is 9. The Balaban J connectivity index is 1.14. The summed E-state index contributed by atoms with van der Waals surface area (Å²) in [5.74, 6) is 1.78. The van der Waals surface area contributed by atoms with E-state index < -0.39 is 0 Å². The Labute approximate surface area is 408 Å². The van der Waals surface area contributed by atoms with Gasteiger partial charge in [-0.05, 0) is 106 Å². The first kappa shape index (κ1) is 40.8. The molecule has 0 atom stereocenters. The Hall–Kier alpha value is -8.22. The molecule has 0 aliphatic carbocycles. The molecule has 0 N–H and O–H groups in total. The molecular weight excluding hydrogens is 854 g/mol. The second-order valence-corrected chi connectivity index (χ2v) is 21.0. The summed E-state index contributed by atoms with van der Waals surface area (Å²) in [7, 11) is 0. The van der Waals surface area contributed by atoms with Gasteiger partial charge in [-0.2, -0.15) is 0 Å². The van der Waals surface area contributed by atoms with Gasteiger partial charge in [0.15, 0.2) is 5.71 Å². The van der Waals surface area contributed by atoms with E-state index in [1.807, 2.05) is 0 Å². The van der Waals surface area contributed by atoms with Crippen LogP contribution in [0.4, 0.5) is 34.1 Å². The number of hydrogen-bond acceptors (Lipinski definition) is 4. The summed E-state index contributed by atoms with van der Waals surface area (Å²) in [6.45, 7) is 13.6. The van der Waals surface area contributed by atoms with Crippen LogP contribution >= 0.6 is 0 Å². The van der Waals surface area contributed by atoms with Crippen molar-refractivity contribution >= 4 is 84.9 Å². The lowest BCUT2D eigenvalue weighted by molar-refractivity contribution is 0.418. The highest BCUT2D eigenvalue weighted by atomic mass is 16.5. The molecule has 0 saturated carbocycles. The second-order valence-electron chi connectivity index (χ2n) is 21.0. The largest absolute Gasteiger partial charge is 0.457 e. The fourth-order valence-electron chi connectivity index (χ4n) is 12.1. The molecule has 6 heteroatoms. The molecule has 0 saturated heterocycles. The van der Waals surface area contributed by atoms with Crippen LogP contribution in [-0.2, 0) is 10.8 Å². The highest BCUT2D eigenvalue weighted by Gasteiger charge is 2.47. The zero-order valence-corrected chi connectivity index (χ0v) is 40.2. The van der Waals surface area contributed by atoms with Crippen molar-refractivity contribution in [2.45, 2.75) is 52.4 Å². The molecule has 70 heavy (non-hydrogen) atoms. The first-order valence-corrected chi connectivity index (χ1v) is 24.5. The maximum absolute atomic E-state index is 7.28. The number of ether oxygens (including phenoxy) is 1. The second kappa shape index (κ2) is 14.6. The van der Waals surface area contributed by atoms with Gasteiger partial charge in [-0.1, -0.05) is 162 Å². The van der Waals surface area contributed by atoms with Crippen molar-refractivity contribution in [2.24, 2.45) is 0 Å². The maximum Gasteiger partial charge on any atom is 0.336 e. The van der Waals surface area contributed by atoms with Gasteiger partial charge in [0.05, 0.1) is 16.8 Å². The number of anilines is 6. The van der Waals surface area contributed by atoms with E-state index in [0.29, 0.717) is 0 Å². The van der Waals surface area contributed by atoms with Crippen LogP contribution in [0.3, 0.4) is 0 Å². The molecule has 0 amide bonds. The van der Waals surface area contributed by atoms with Gasteiger partial charge in [0.1, 0.15) is 17.1 Å². The van der Waals surface area contributed by atoms with Crippen LogP contribution in [0.2, 0.25) is 0 Å². The number of aryl methyl sites for hydroxylation is 1. The Kier molecular flexibility index (Phi) is 8.54. The third-order valence-electron chi connectivity index (χ3n) is 15.4. The number of hydrogen-bond donors (Lipinski definition) is 0. The van der Waals surface area contributed by atoms with E-state index >= 15 is 0 Å². The lowest BCUT2D eigenvalue weighted by Gasteiger charge is -2.43. The summed E-state index contributed by atoms with van der Waals surface area (Å²) < 4.78 is 16.9. The summed E-state index contributed by atoms with van der Waals surface area (Å²) >= 11 is 0. The number of aromatic nitrogens is 1. The van der Waals surface area contributed by atoms with Crippen LogP contribution in [0.25, 0.3) is 55.2 Å². The van der Waals surface area contributed by atoms with Crippen molar-refractivity contribution in [2.75, 3.05) is 9.80 Å².